The maximum atomic E-state index is 13.2. The van der Waals surface area contributed by atoms with Gasteiger partial charge in [0, 0.05) is 24.2 Å². The molecule has 4 rings (SSSR count). The zero-order chi connectivity index (χ0) is 27.7. The summed E-state index contributed by atoms with van der Waals surface area (Å²) < 4.78 is 56.2. The van der Waals surface area contributed by atoms with Crippen LogP contribution in [0, 0.1) is 5.82 Å². The van der Waals surface area contributed by atoms with Gasteiger partial charge in [0.2, 0.25) is 5.95 Å². The van der Waals surface area contributed by atoms with Crippen LogP contribution in [-0.2, 0) is 6.54 Å². The number of carbonyl (C=O) groups is 1. The molecular weight excluding hydrogens is 516 g/mol. The summed E-state index contributed by atoms with van der Waals surface area (Å²) >= 11 is 0. The number of nitrogens with one attached hydrogen (secondary N) is 2. The SMILES string of the molecule is O=C(NCCCN1CCCCC1)c1cccc(-c2nc(NCc3ccc(F)cc3)nc(OCC(F)(F)F)n2)c1. The maximum absolute atomic E-state index is 13.2. The number of ether oxygens (including phenoxy) is 1. The predicted octanol–water partition coefficient (Wildman–Crippen LogP) is 4.84. The summed E-state index contributed by atoms with van der Waals surface area (Å²) in [5.74, 6) is -0.666. The van der Waals surface area contributed by atoms with Crippen molar-refractivity contribution in [3.05, 3.63) is 65.5 Å². The van der Waals surface area contributed by atoms with Crippen LogP contribution in [0.15, 0.2) is 48.5 Å². The lowest BCUT2D eigenvalue weighted by atomic mass is 10.1. The van der Waals surface area contributed by atoms with Crippen molar-refractivity contribution < 1.29 is 27.1 Å². The lowest BCUT2D eigenvalue weighted by molar-refractivity contribution is -0.154. The summed E-state index contributed by atoms with van der Waals surface area (Å²) in [6.07, 6.45) is -0.0553. The summed E-state index contributed by atoms with van der Waals surface area (Å²) in [6, 6.07) is 11.7. The number of likely N-dealkylation sites (tertiary alicyclic amines) is 1. The van der Waals surface area contributed by atoms with Gasteiger partial charge in [-0.25, -0.2) is 4.39 Å². The molecule has 12 heteroatoms. The van der Waals surface area contributed by atoms with E-state index in [1.165, 1.54) is 31.4 Å². The Morgan fingerprint density at radius 2 is 1.77 bits per heavy atom. The number of aromatic nitrogens is 3. The molecule has 39 heavy (non-hydrogen) atoms. The van der Waals surface area contributed by atoms with Crippen molar-refractivity contribution in [3.63, 3.8) is 0 Å². The van der Waals surface area contributed by atoms with E-state index in [1.54, 1.807) is 36.4 Å². The number of hydrogen-bond acceptors (Lipinski definition) is 7. The smallest absolute Gasteiger partial charge is 0.422 e. The molecule has 0 atom stereocenters. The number of benzene rings is 2. The predicted molar refractivity (Wildman–Crippen MR) is 138 cm³/mol. The minimum Gasteiger partial charge on any atom is -0.454 e. The molecule has 1 aliphatic rings. The average molecular weight is 547 g/mol. The standard InChI is InChI=1S/C27H30F4N6O2/c28-22-10-8-19(9-11-22)17-33-25-34-23(35-26(36-25)39-18-27(29,30)31)20-6-4-7-21(16-20)24(38)32-12-5-15-37-13-2-1-3-14-37/h4,6-11,16H,1-3,5,12-15,17-18H2,(H,32,38)(H,33,34,35,36). The molecule has 0 aliphatic carbocycles. The fraction of sp³-hybridized carbons (Fsp3) is 0.407. The molecular formula is C27H30F4N6O2. The highest BCUT2D eigenvalue weighted by molar-refractivity contribution is 5.95. The molecule has 2 heterocycles. The molecule has 0 radical (unpaired) electrons. The van der Waals surface area contributed by atoms with Gasteiger partial charge in [-0.3, -0.25) is 4.79 Å². The number of hydrogen-bond donors (Lipinski definition) is 2. The average Bonchev–Trinajstić information content (AvgIpc) is 2.94. The molecule has 1 aliphatic heterocycles. The summed E-state index contributed by atoms with van der Waals surface area (Å²) in [4.78, 5) is 27.4. The van der Waals surface area contributed by atoms with Gasteiger partial charge >= 0.3 is 12.2 Å². The van der Waals surface area contributed by atoms with Crippen LogP contribution in [0.4, 0.5) is 23.5 Å². The van der Waals surface area contributed by atoms with E-state index >= 15 is 0 Å². The maximum Gasteiger partial charge on any atom is 0.422 e. The molecule has 3 aromatic rings. The van der Waals surface area contributed by atoms with Gasteiger partial charge in [-0.05, 0) is 68.7 Å². The summed E-state index contributed by atoms with van der Waals surface area (Å²) in [5.41, 5.74) is 1.47. The second kappa shape index (κ2) is 13.3. The van der Waals surface area contributed by atoms with Crippen molar-refractivity contribution in [3.8, 4) is 17.4 Å². The molecule has 8 nitrogen and oxygen atoms in total. The first-order valence-corrected chi connectivity index (χ1v) is 12.8. The van der Waals surface area contributed by atoms with Gasteiger partial charge in [-0.2, -0.15) is 28.1 Å². The number of alkyl halides is 3. The van der Waals surface area contributed by atoms with Crippen LogP contribution >= 0.6 is 0 Å². The largest absolute Gasteiger partial charge is 0.454 e. The highest BCUT2D eigenvalue weighted by atomic mass is 19.4. The van der Waals surface area contributed by atoms with E-state index in [0.29, 0.717) is 23.2 Å². The quantitative estimate of drug-likeness (QED) is 0.263. The van der Waals surface area contributed by atoms with Crippen LogP contribution in [0.25, 0.3) is 11.4 Å². The minimum absolute atomic E-state index is 0.0310. The number of rotatable bonds is 11. The van der Waals surface area contributed by atoms with Gasteiger partial charge < -0.3 is 20.3 Å². The molecule has 1 aromatic heterocycles. The number of nitrogens with zero attached hydrogens (tertiary/aromatic N) is 4. The van der Waals surface area contributed by atoms with Gasteiger partial charge in [0.15, 0.2) is 12.4 Å². The first-order valence-electron chi connectivity index (χ1n) is 12.8. The van der Waals surface area contributed by atoms with Crippen LogP contribution in [0.2, 0.25) is 0 Å². The molecule has 2 N–H and O–H groups in total. The van der Waals surface area contributed by atoms with Gasteiger partial charge in [-0.1, -0.05) is 30.7 Å². The van der Waals surface area contributed by atoms with Crippen LogP contribution in [0.3, 0.4) is 0 Å². The second-order valence-electron chi connectivity index (χ2n) is 9.24. The van der Waals surface area contributed by atoms with E-state index in [2.05, 4.69) is 30.5 Å². The Labute approximate surface area is 223 Å². The fourth-order valence-electron chi connectivity index (χ4n) is 4.15. The highest BCUT2D eigenvalue weighted by Gasteiger charge is 2.29. The Bertz CT molecular complexity index is 1230. The van der Waals surface area contributed by atoms with Crippen LogP contribution in [0.5, 0.6) is 6.01 Å². The van der Waals surface area contributed by atoms with E-state index < -0.39 is 24.6 Å². The minimum atomic E-state index is -4.58. The van der Waals surface area contributed by atoms with E-state index in [-0.39, 0.29) is 24.2 Å². The van der Waals surface area contributed by atoms with Crippen molar-refractivity contribution in [2.45, 2.75) is 38.4 Å². The first-order chi connectivity index (χ1) is 18.7. The highest BCUT2D eigenvalue weighted by Crippen LogP contribution is 2.22. The Balaban J connectivity index is 1.45. The number of carbonyl (C=O) groups excluding carboxylic acids is 1. The molecule has 2 aromatic carbocycles. The summed E-state index contributed by atoms with van der Waals surface area (Å²) in [7, 11) is 0. The number of halogens is 4. The van der Waals surface area contributed by atoms with Gasteiger partial charge in [0.25, 0.3) is 5.91 Å². The lowest BCUT2D eigenvalue weighted by Gasteiger charge is -2.26. The Hall–Kier alpha value is -3.80. The van der Waals surface area contributed by atoms with Crippen molar-refractivity contribution in [2.75, 3.05) is 38.1 Å². The third-order valence-electron chi connectivity index (χ3n) is 6.11. The monoisotopic (exact) mass is 546 g/mol. The zero-order valence-electron chi connectivity index (χ0n) is 21.3. The van der Waals surface area contributed by atoms with Crippen LogP contribution in [0.1, 0.15) is 41.6 Å². The number of anilines is 1. The number of amides is 1. The van der Waals surface area contributed by atoms with Crippen molar-refractivity contribution in [2.24, 2.45) is 0 Å². The molecule has 1 fully saturated rings. The summed E-state index contributed by atoms with van der Waals surface area (Å²) in [6.45, 7) is 2.25. The van der Waals surface area contributed by atoms with Crippen molar-refractivity contribution in [1.29, 1.82) is 0 Å². The topological polar surface area (TPSA) is 92.3 Å². The van der Waals surface area contributed by atoms with Gasteiger partial charge in [0.1, 0.15) is 5.82 Å². The fourth-order valence-corrected chi connectivity index (χ4v) is 4.15. The normalized spacial score (nSPS) is 14.2. The number of piperidine rings is 1. The molecule has 1 amide bonds. The Kier molecular flexibility index (Phi) is 9.64. The molecule has 208 valence electrons. The van der Waals surface area contributed by atoms with Gasteiger partial charge in [-0.15, -0.1) is 0 Å². The van der Waals surface area contributed by atoms with E-state index in [9.17, 15) is 22.4 Å². The molecule has 0 unspecified atom stereocenters. The third-order valence-corrected chi connectivity index (χ3v) is 6.11. The van der Waals surface area contributed by atoms with E-state index in [4.69, 9.17) is 4.74 Å². The third kappa shape index (κ3) is 9.17. The van der Waals surface area contributed by atoms with E-state index in [0.717, 1.165) is 26.1 Å². The van der Waals surface area contributed by atoms with Crippen molar-refractivity contribution in [1.82, 2.24) is 25.2 Å². The first kappa shape index (κ1) is 28.2. The Morgan fingerprint density at radius 3 is 2.51 bits per heavy atom. The van der Waals surface area contributed by atoms with Crippen LogP contribution < -0.4 is 15.4 Å². The Morgan fingerprint density at radius 1 is 1.00 bits per heavy atom. The molecule has 0 spiro atoms. The summed E-state index contributed by atoms with van der Waals surface area (Å²) in [5, 5.41) is 5.81. The second-order valence-corrected chi connectivity index (χ2v) is 9.24. The van der Waals surface area contributed by atoms with E-state index in [1.807, 2.05) is 0 Å². The molecule has 1 saturated heterocycles. The lowest BCUT2D eigenvalue weighted by Crippen LogP contribution is -2.33. The molecule has 0 bridgehead atoms. The van der Waals surface area contributed by atoms with Gasteiger partial charge in [0.05, 0.1) is 0 Å². The van der Waals surface area contributed by atoms with Crippen LogP contribution in [-0.4, -0.2) is 64.7 Å². The van der Waals surface area contributed by atoms with Crippen molar-refractivity contribution >= 4 is 11.9 Å². The zero-order valence-corrected chi connectivity index (χ0v) is 21.3. The molecule has 0 saturated carbocycles.